The molecular formula is C12H19NO3S. The van der Waals surface area contributed by atoms with Gasteiger partial charge >= 0.3 is 5.97 Å². The standard InChI is InChI=1S/C12H19NO3S/c1-3-10(14)16-7-8-9-5-4-6-13(9)12(15)11(8)17-2/h8-9,11H,3-7H2,1-2H3/t8-,9-,11?/m0/s1. The molecule has 2 saturated heterocycles. The molecule has 17 heavy (non-hydrogen) atoms. The molecule has 0 aliphatic carbocycles. The number of carbonyl (C=O) groups is 2. The Bertz CT molecular complexity index is 321. The summed E-state index contributed by atoms with van der Waals surface area (Å²) in [6, 6.07) is 0.296. The zero-order valence-corrected chi connectivity index (χ0v) is 11.2. The molecule has 2 aliphatic rings. The minimum atomic E-state index is -0.172. The minimum Gasteiger partial charge on any atom is -0.465 e. The van der Waals surface area contributed by atoms with Gasteiger partial charge in [-0.2, -0.15) is 11.8 Å². The Kier molecular flexibility index (Phi) is 3.97. The van der Waals surface area contributed by atoms with Crippen LogP contribution in [-0.2, 0) is 14.3 Å². The lowest BCUT2D eigenvalue weighted by Gasteiger charge is -2.20. The Morgan fingerprint density at radius 1 is 1.59 bits per heavy atom. The Hall–Kier alpha value is -0.710. The molecule has 2 rings (SSSR count). The van der Waals surface area contributed by atoms with Gasteiger partial charge in [0.05, 0.1) is 11.9 Å². The molecule has 4 nitrogen and oxygen atoms in total. The van der Waals surface area contributed by atoms with Crippen LogP contribution < -0.4 is 0 Å². The highest BCUT2D eigenvalue weighted by Crippen LogP contribution is 2.39. The first-order chi connectivity index (χ1) is 8.19. The van der Waals surface area contributed by atoms with Gasteiger partial charge in [-0.15, -0.1) is 0 Å². The molecule has 0 aromatic heterocycles. The summed E-state index contributed by atoms with van der Waals surface area (Å²) in [6.07, 6.45) is 4.49. The first kappa shape index (κ1) is 12.7. The van der Waals surface area contributed by atoms with Gasteiger partial charge in [0, 0.05) is 24.9 Å². The number of carbonyl (C=O) groups excluding carboxylic acids is 2. The van der Waals surface area contributed by atoms with Crippen LogP contribution >= 0.6 is 11.8 Å². The lowest BCUT2D eigenvalue weighted by atomic mass is 9.99. The molecule has 3 atom stereocenters. The van der Waals surface area contributed by atoms with Gasteiger partial charge in [0.25, 0.3) is 0 Å². The highest BCUT2D eigenvalue weighted by molar-refractivity contribution is 7.99. The van der Waals surface area contributed by atoms with Crippen molar-refractivity contribution in [2.45, 2.75) is 37.5 Å². The van der Waals surface area contributed by atoms with Crippen LogP contribution in [0.2, 0.25) is 0 Å². The number of thioether (sulfide) groups is 1. The second-order valence-corrected chi connectivity index (χ2v) is 5.58. The van der Waals surface area contributed by atoms with Crippen LogP contribution in [-0.4, -0.2) is 47.5 Å². The van der Waals surface area contributed by atoms with Gasteiger partial charge in [-0.1, -0.05) is 6.92 Å². The van der Waals surface area contributed by atoms with E-state index in [-0.39, 0.29) is 23.0 Å². The van der Waals surface area contributed by atoms with E-state index < -0.39 is 0 Å². The van der Waals surface area contributed by atoms with Gasteiger partial charge in [0.2, 0.25) is 5.91 Å². The fourth-order valence-corrected chi connectivity index (χ4v) is 3.77. The van der Waals surface area contributed by atoms with Crippen LogP contribution in [0.1, 0.15) is 26.2 Å². The summed E-state index contributed by atoms with van der Waals surface area (Å²) >= 11 is 1.58. The molecule has 2 heterocycles. The number of ether oxygens (including phenoxy) is 1. The molecule has 0 aromatic rings. The van der Waals surface area contributed by atoms with Crippen LogP contribution in [0, 0.1) is 5.92 Å². The topological polar surface area (TPSA) is 46.6 Å². The molecule has 0 radical (unpaired) electrons. The fourth-order valence-electron chi connectivity index (χ4n) is 2.82. The molecule has 1 unspecified atom stereocenters. The van der Waals surface area contributed by atoms with Crippen molar-refractivity contribution in [3.8, 4) is 0 Å². The Balaban J connectivity index is 2.02. The molecule has 0 spiro atoms. The first-order valence-corrected chi connectivity index (χ1v) is 7.46. The fraction of sp³-hybridized carbons (Fsp3) is 0.833. The van der Waals surface area contributed by atoms with Gasteiger partial charge in [0.15, 0.2) is 0 Å². The number of esters is 1. The molecule has 96 valence electrons. The number of nitrogens with zero attached hydrogens (tertiary/aromatic N) is 1. The van der Waals surface area contributed by atoms with E-state index >= 15 is 0 Å². The summed E-state index contributed by atoms with van der Waals surface area (Å²) in [5.74, 6) is 0.238. The predicted octanol–water partition coefficient (Wildman–Crippen LogP) is 1.29. The summed E-state index contributed by atoms with van der Waals surface area (Å²) in [4.78, 5) is 25.3. The van der Waals surface area contributed by atoms with Gasteiger partial charge in [-0.3, -0.25) is 9.59 Å². The molecule has 0 bridgehead atoms. The molecule has 0 N–H and O–H groups in total. The number of hydrogen-bond acceptors (Lipinski definition) is 4. The maximum atomic E-state index is 12.1. The average molecular weight is 257 g/mol. The van der Waals surface area contributed by atoms with Gasteiger partial charge in [-0.05, 0) is 19.1 Å². The van der Waals surface area contributed by atoms with Crippen molar-refractivity contribution in [2.75, 3.05) is 19.4 Å². The highest BCUT2D eigenvalue weighted by atomic mass is 32.2. The van der Waals surface area contributed by atoms with E-state index in [0.717, 1.165) is 19.4 Å². The Morgan fingerprint density at radius 3 is 3.00 bits per heavy atom. The molecule has 0 aromatic carbocycles. The monoisotopic (exact) mass is 257 g/mol. The minimum absolute atomic E-state index is 0.0232. The first-order valence-electron chi connectivity index (χ1n) is 6.18. The van der Waals surface area contributed by atoms with E-state index in [2.05, 4.69) is 0 Å². The lowest BCUT2D eigenvalue weighted by Crippen LogP contribution is -2.30. The summed E-state index contributed by atoms with van der Waals surface area (Å²) in [5, 5.41) is -0.0232. The summed E-state index contributed by atoms with van der Waals surface area (Å²) < 4.78 is 5.23. The molecule has 1 amide bonds. The number of fused-ring (bicyclic) bond motifs is 1. The largest absolute Gasteiger partial charge is 0.465 e. The summed E-state index contributed by atoms with van der Waals surface area (Å²) in [5.41, 5.74) is 0. The van der Waals surface area contributed by atoms with Crippen molar-refractivity contribution >= 4 is 23.6 Å². The van der Waals surface area contributed by atoms with E-state index in [0.29, 0.717) is 19.1 Å². The third-order valence-electron chi connectivity index (χ3n) is 3.69. The van der Waals surface area contributed by atoms with E-state index in [9.17, 15) is 9.59 Å². The molecule has 2 aliphatic heterocycles. The number of hydrogen-bond donors (Lipinski definition) is 0. The molecule has 0 saturated carbocycles. The van der Waals surface area contributed by atoms with E-state index in [1.54, 1.807) is 18.7 Å². The maximum absolute atomic E-state index is 12.1. The lowest BCUT2D eigenvalue weighted by molar-refractivity contribution is -0.144. The van der Waals surface area contributed by atoms with Gasteiger partial charge in [-0.25, -0.2) is 0 Å². The van der Waals surface area contributed by atoms with E-state index in [4.69, 9.17) is 4.74 Å². The SMILES string of the molecule is CCC(=O)OC[C@@H]1C(SC)C(=O)N2CCC[C@@H]12. The molecular weight excluding hydrogens is 238 g/mol. The number of amides is 1. The van der Waals surface area contributed by atoms with Crippen LogP contribution in [0.15, 0.2) is 0 Å². The normalized spacial score (nSPS) is 31.8. The third kappa shape index (κ3) is 2.30. The molecule has 5 heteroatoms. The highest BCUT2D eigenvalue weighted by Gasteiger charge is 2.49. The smallest absolute Gasteiger partial charge is 0.305 e. The number of rotatable bonds is 4. The molecule has 2 fully saturated rings. The third-order valence-corrected chi connectivity index (χ3v) is 4.75. The van der Waals surface area contributed by atoms with Crippen LogP contribution in [0.25, 0.3) is 0 Å². The average Bonchev–Trinajstić information content (AvgIpc) is 2.89. The van der Waals surface area contributed by atoms with Crippen molar-refractivity contribution in [1.82, 2.24) is 4.90 Å². The maximum Gasteiger partial charge on any atom is 0.305 e. The quantitative estimate of drug-likeness (QED) is 0.712. The second kappa shape index (κ2) is 5.29. The van der Waals surface area contributed by atoms with Crippen molar-refractivity contribution < 1.29 is 14.3 Å². The van der Waals surface area contributed by atoms with Crippen molar-refractivity contribution in [3.05, 3.63) is 0 Å². The van der Waals surface area contributed by atoms with Crippen LogP contribution in [0.5, 0.6) is 0 Å². The van der Waals surface area contributed by atoms with Crippen LogP contribution in [0.4, 0.5) is 0 Å². The van der Waals surface area contributed by atoms with Crippen LogP contribution in [0.3, 0.4) is 0 Å². The Morgan fingerprint density at radius 2 is 2.35 bits per heavy atom. The van der Waals surface area contributed by atoms with Crippen molar-refractivity contribution in [2.24, 2.45) is 5.92 Å². The van der Waals surface area contributed by atoms with Gasteiger partial charge < -0.3 is 9.64 Å². The van der Waals surface area contributed by atoms with Crippen molar-refractivity contribution in [1.29, 1.82) is 0 Å². The summed E-state index contributed by atoms with van der Waals surface area (Å²) in [7, 11) is 0. The zero-order valence-electron chi connectivity index (χ0n) is 10.3. The Labute approximate surface area is 106 Å². The van der Waals surface area contributed by atoms with Crippen molar-refractivity contribution in [3.63, 3.8) is 0 Å². The zero-order chi connectivity index (χ0) is 12.4. The summed E-state index contributed by atoms with van der Waals surface area (Å²) in [6.45, 7) is 3.06. The predicted molar refractivity (Wildman–Crippen MR) is 66.8 cm³/mol. The van der Waals surface area contributed by atoms with Gasteiger partial charge in [0.1, 0.15) is 0 Å². The second-order valence-electron chi connectivity index (χ2n) is 4.60. The van der Waals surface area contributed by atoms with E-state index in [1.165, 1.54) is 0 Å². The van der Waals surface area contributed by atoms with E-state index in [1.807, 2.05) is 11.2 Å².